The minimum Gasteiger partial charge on any atom is -0.475 e. The zero-order valence-corrected chi connectivity index (χ0v) is 16.7. The summed E-state index contributed by atoms with van der Waals surface area (Å²) in [4.78, 5) is 8.90. The van der Waals surface area contributed by atoms with E-state index >= 15 is 0 Å². The minimum absolute atomic E-state index is 0.995. The number of aliphatic carboxylic acids is 1. The standard InChI is InChI=1S/3C4H9.C2HF3O2.Pb/c3*1-3-4-2;3-2(4,5)1(6)7;/h3*1,3-4H2,2H3;(H,6,7);. The monoisotopic (exact) mass is 493 g/mol. The van der Waals surface area contributed by atoms with Gasteiger partial charge in [0.05, 0.1) is 0 Å². The van der Waals surface area contributed by atoms with Crippen molar-refractivity contribution in [1.29, 1.82) is 0 Å². The van der Waals surface area contributed by atoms with Gasteiger partial charge in [-0.3, -0.25) is 0 Å². The molecule has 1 radical (unpaired) electrons. The average Bonchev–Trinajstić information content (AvgIpc) is 2.37. The molecule has 0 amide bonds. The quantitative estimate of drug-likeness (QED) is 0.431. The summed E-state index contributed by atoms with van der Waals surface area (Å²) >= 11 is -0.995. The Labute approximate surface area is 129 Å². The predicted molar refractivity (Wildman–Crippen MR) is 78.6 cm³/mol. The van der Waals surface area contributed by atoms with E-state index in [-0.39, 0.29) is 0 Å². The van der Waals surface area contributed by atoms with Crippen LogP contribution in [0.1, 0.15) is 59.3 Å². The van der Waals surface area contributed by atoms with Crippen LogP contribution in [0.15, 0.2) is 0 Å². The van der Waals surface area contributed by atoms with E-state index in [1.54, 1.807) is 11.9 Å². The van der Waals surface area contributed by atoms with E-state index in [0.717, 1.165) is 0 Å². The van der Waals surface area contributed by atoms with Crippen molar-refractivity contribution in [2.75, 3.05) is 0 Å². The molecule has 0 bridgehead atoms. The summed E-state index contributed by atoms with van der Waals surface area (Å²) in [6.07, 6.45) is 3.80. The number of unbranched alkanes of at least 4 members (excludes halogenated alkanes) is 3. The summed E-state index contributed by atoms with van der Waals surface area (Å²) < 4.78 is 36.8. The van der Waals surface area contributed by atoms with Crippen molar-refractivity contribution in [3.63, 3.8) is 0 Å². The Morgan fingerprint density at radius 2 is 1.15 bits per heavy atom. The molecule has 2 nitrogen and oxygen atoms in total. The van der Waals surface area contributed by atoms with Gasteiger partial charge in [0.1, 0.15) is 0 Å². The summed E-state index contributed by atoms with van der Waals surface area (Å²) in [5, 5.41) is 7.12. The molecule has 0 saturated heterocycles. The fourth-order valence-electron chi connectivity index (χ4n) is 1.66. The van der Waals surface area contributed by atoms with Crippen LogP contribution < -0.4 is 0 Å². The Kier molecular flexibility index (Phi) is 15.9. The Balaban J connectivity index is 0. The van der Waals surface area contributed by atoms with Gasteiger partial charge < -0.3 is 5.11 Å². The van der Waals surface area contributed by atoms with Crippen molar-refractivity contribution >= 4 is 28.7 Å². The first-order valence-electron chi connectivity index (χ1n) is 7.43. The zero-order valence-electron chi connectivity index (χ0n) is 12.9. The molecule has 0 aromatic carbocycles. The maximum atomic E-state index is 10.6. The molecule has 6 heteroatoms. The SMILES string of the molecule is CCC[CH2][Pb]([CH2]CCC)[CH2]CCC.O=C(O)C(F)(F)F. The van der Waals surface area contributed by atoms with E-state index in [9.17, 15) is 13.2 Å². The van der Waals surface area contributed by atoms with Gasteiger partial charge in [-0.1, -0.05) is 0 Å². The Hall–Kier alpha value is 0.182. The van der Waals surface area contributed by atoms with Gasteiger partial charge in [0.25, 0.3) is 0 Å². The molecule has 0 heterocycles. The zero-order chi connectivity index (χ0) is 16.0. The molecule has 0 aliphatic carbocycles. The van der Waals surface area contributed by atoms with Crippen LogP contribution in [-0.4, -0.2) is 40.0 Å². The number of rotatable bonds is 9. The summed E-state index contributed by atoms with van der Waals surface area (Å²) in [6, 6.07) is 0. The summed E-state index contributed by atoms with van der Waals surface area (Å²) in [6.45, 7) is 7.01. The van der Waals surface area contributed by atoms with Crippen LogP contribution in [0.3, 0.4) is 0 Å². The van der Waals surface area contributed by atoms with Crippen LogP contribution in [0.2, 0.25) is 11.9 Å². The Morgan fingerprint density at radius 1 is 0.900 bits per heavy atom. The third kappa shape index (κ3) is 16.2. The molecule has 0 rings (SSSR count). The molecule has 121 valence electrons. The summed E-state index contributed by atoms with van der Waals surface area (Å²) in [7, 11) is 0. The van der Waals surface area contributed by atoms with Crippen LogP contribution in [0, 0.1) is 0 Å². The van der Waals surface area contributed by atoms with Gasteiger partial charge in [0.15, 0.2) is 0 Å². The maximum absolute atomic E-state index is 10.6. The van der Waals surface area contributed by atoms with E-state index in [2.05, 4.69) is 20.8 Å². The normalized spacial score (nSPS) is 11.2. The van der Waals surface area contributed by atoms with Crippen LogP contribution in [0.25, 0.3) is 0 Å². The first kappa shape index (κ1) is 22.5. The molecule has 0 aliphatic rings. The van der Waals surface area contributed by atoms with E-state index in [0.29, 0.717) is 0 Å². The molecular weight excluding hydrogens is 464 g/mol. The van der Waals surface area contributed by atoms with E-state index in [1.165, 1.54) is 38.5 Å². The van der Waals surface area contributed by atoms with Gasteiger partial charge in [0.2, 0.25) is 0 Å². The molecule has 0 atom stereocenters. The third-order valence-corrected chi connectivity index (χ3v) is 15.3. The molecule has 0 aromatic heterocycles. The van der Waals surface area contributed by atoms with Crippen molar-refractivity contribution in [3.05, 3.63) is 0 Å². The first-order valence-corrected chi connectivity index (χ1v) is 15.7. The van der Waals surface area contributed by atoms with E-state index in [1.807, 2.05) is 0 Å². The second-order valence-electron chi connectivity index (χ2n) is 4.86. The van der Waals surface area contributed by atoms with Crippen LogP contribution in [0.5, 0.6) is 0 Å². The smallest absolute Gasteiger partial charge is 0.475 e. The molecule has 0 spiro atoms. The number of carboxylic acid groups (broad SMARTS) is 1. The molecule has 0 aliphatic heterocycles. The molecular formula is C14H28F3O2Pb. The van der Waals surface area contributed by atoms with Crippen LogP contribution >= 0.6 is 0 Å². The van der Waals surface area contributed by atoms with Gasteiger partial charge in [-0.2, -0.15) is 13.2 Å². The van der Waals surface area contributed by atoms with Gasteiger partial charge in [0, 0.05) is 0 Å². The number of hydrogen-bond acceptors (Lipinski definition) is 1. The van der Waals surface area contributed by atoms with Gasteiger partial charge in [-0.25, -0.2) is 4.79 Å². The summed E-state index contributed by atoms with van der Waals surface area (Å²) in [5.41, 5.74) is 0. The minimum atomic E-state index is -5.08. The van der Waals surface area contributed by atoms with Crippen LogP contribution in [0.4, 0.5) is 13.2 Å². The van der Waals surface area contributed by atoms with Gasteiger partial charge >= 0.3 is 106 Å². The Morgan fingerprint density at radius 3 is 1.30 bits per heavy atom. The van der Waals surface area contributed by atoms with Crippen molar-refractivity contribution in [2.24, 2.45) is 0 Å². The van der Waals surface area contributed by atoms with Gasteiger partial charge in [-0.05, 0) is 0 Å². The largest absolute Gasteiger partial charge is 0.490 e. The molecule has 0 aromatic rings. The average molecular weight is 493 g/mol. The number of carbonyl (C=O) groups is 1. The molecule has 20 heavy (non-hydrogen) atoms. The molecule has 0 fully saturated rings. The van der Waals surface area contributed by atoms with Crippen molar-refractivity contribution in [3.8, 4) is 0 Å². The van der Waals surface area contributed by atoms with E-state index < -0.39 is 34.8 Å². The van der Waals surface area contributed by atoms with Crippen LogP contribution in [-0.2, 0) is 4.79 Å². The fourth-order valence-corrected chi connectivity index (χ4v) is 14.5. The van der Waals surface area contributed by atoms with Gasteiger partial charge in [-0.15, -0.1) is 0 Å². The number of carboxylic acids is 1. The summed E-state index contributed by atoms with van der Waals surface area (Å²) in [5.74, 6) is -2.76. The number of alkyl halides is 3. The first-order chi connectivity index (χ1) is 9.29. The second kappa shape index (κ2) is 14.1. The number of halogens is 3. The van der Waals surface area contributed by atoms with Crippen molar-refractivity contribution in [1.82, 2.24) is 0 Å². The maximum Gasteiger partial charge on any atom is 0.490 e. The Bertz CT molecular complexity index is 214. The fraction of sp³-hybridized carbons (Fsp3) is 0.929. The topological polar surface area (TPSA) is 37.3 Å². The predicted octanol–water partition coefficient (Wildman–Crippen LogP) is 5.51. The van der Waals surface area contributed by atoms with Crippen molar-refractivity contribution in [2.45, 2.75) is 77.4 Å². The van der Waals surface area contributed by atoms with Crippen molar-refractivity contribution < 1.29 is 23.1 Å². The molecule has 0 unspecified atom stereocenters. The second-order valence-corrected chi connectivity index (χ2v) is 16.5. The number of hydrogen-bond donors (Lipinski definition) is 1. The molecule has 1 N–H and O–H groups in total. The third-order valence-electron chi connectivity index (χ3n) is 2.89. The van der Waals surface area contributed by atoms with E-state index in [4.69, 9.17) is 9.90 Å². The molecule has 0 saturated carbocycles.